The average Bonchev–Trinajstić information content (AvgIpc) is 2.52. The maximum absolute atomic E-state index is 12.7. The molecule has 0 saturated heterocycles. The first-order valence-electron chi connectivity index (χ1n) is 7.17. The molecule has 2 rings (SSSR count). The largest absolute Gasteiger partial charge is 0.348 e. The van der Waals surface area contributed by atoms with Gasteiger partial charge in [-0.05, 0) is 36.8 Å². The summed E-state index contributed by atoms with van der Waals surface area (Å²) in [5, 5.41) is 4.79. The molecule has 1 aliphatic carbocycles. The van der Waals surface area contributed by atoms with Crippen LogP contribution in [0.1, 0.15) is 43.2 Å². The number of amides is 1. The molecule has 1 aromatic carbocycles. The molecule has 2 nitrogen and oxygen atoms in total. The molecule has 1 aliphatic rings. The molecule has 0 spiro atoms. The van der Waals surface area contributed by atoms with Gasteiger partial charge >= 0.3 is 0 Å². The molecule has 0 bridgehead atoms. The fraction of sp³-hybridized carbons (Fsp3) is 0.562. The maximum Gasteiger partial charge on any atom is 0.228 e. The zero-order chi connectivity index (χ0) is 14.6. The van der Waals surface area contributed by atoms with Crippen molar-refractivity contribution in [3.8, 4) is 0 Å². The van der Waals surface area contributed by atoms with E-state index < -0.39 is 0 Å². The van der Waals surface area contributed by atoms with Gasteiger partial charge in [0.15, 0.2) is 0 Å². The highest BCUT2D eigenvalue weighted by Gasteiger charge is 2.33. The number of fused-ring (bicyclic) bond motifs is 1. The third kappa shape index (κ3) is 3.28. The first kappa shape index (κ1) is 16.0. The lowest BCUT2D eigenvalue weighted by Gasteiger charge is -2.33. The predicted octanol–water partition coefficient (Wildman–Crippen LogP) is 4.16. The van der Waals surface area contributed by atoms with Crippen LogP contribution in [0.25, 0.3) is 0 Å². The molecule has 0 aliphatic heterocycles. The number of carbonyl (C=O) groups excluding carboxylic acids is 1. The highest BCUT2D eigenvalue weighted by Crippen LogP contribution is 2.32. The smallest absolute Gasteiger partial charge is 0.228 e. The Kier molecular flexibility index (Phi) is 5.67. The molecule has 1 atom stereocenters. The number of alkyl halides is 2. The molecule has 0 fully saturated rings. The van der Waals surface area contributed by atoms with E-state index in [9.17, 15) is 4.79 Å². The number of nitrogens with one attached hydrogen (secondary N) is 1. The molecule has 1 aromatic rings. The number of halogens is 2. The van der Waals surface area contributed by atoms with Crippen molar-refractivity contribution < 1.29 is 4.79 Å². The second-order valence-electron chi connectivity index (χ2n) is 5.53. The Hall–Kier alpha value is -0.350. The van der Waals surface area contributed by atoms with Crippen molar-refractivity contribution in [2.75, 3.05) is 10.7 Å². The average molecular weight is 403 g/mol. The Morgan fingerprint density at radius 2 is 2.05 bits per heavy atom. The summed E-state index contributed by atoms with van der Waals surface area (Å²) in [4.78, 5) is 12.7. The van der Waals surface area contributed by atoms with Gasteiger partial charge in [-0.2, -0.15) is 0 Å². The van der Waals surface area contributed by atoms with Crippen molar-refractivity contribution in [2.45, 2.75) is 44.1 Å². The van der Waals surface area contributed by atoms with Crippen molar-refractivity contribution in [3.05, 3.63) is 35.4 Å². The van der Waals surface area contributed by atoms with Crippen molar-refractivity contribution in [1.29, 1.82) is 0 Å². The van der Waals surface area contributed by atoms with Gasteiger partial charge in [0.1, 0.15) is 0 Å². The second kappa shape index (κ2) is 7.08. The van der Waals surface area contributed by atoms with Crippen LogP contribution in [0.2, 0.25) is 0 Å². The van der Waals surface area contributed by atoms with E-state index in [0.29, 0.717) is 0 Å². The van der Waals surface area contributed by atoms with Crippen LogP contribution in [0.5, 0.6) is 0 Å². The van der Waals surface area contributed by atoms with Gasteiger partial charge in [0.2, 0.25) is 5.91 Å². The van der Waals surface area contributed by atoms with Gasteiger partial charge in [0.05, 0.1) is 11.5 Å². The van der Waals surface area contributed by atoms with Gasteiger partial charge in [0, 0.05) is 10.7 Å². The molecule has 0 radical (unpaired) electrons. The van der Waals surface area contributed by atoms with E-state index >= 15 is 0 Å². The molecular weight excluding hydrogens is 382 g/mol. The van der Waals surface area contributed by atoms with Crippen LogP contribution in [-0.4, -0.2) is 22.1 Å². The zero-order valence-electron chi connectivity index (χ0n) is 11.8. The summed E-state index contributed by atoms with van der Waals surface area (Å²) in [6, 6.07) is 8.35. The number of hydrogen-bond acceptors (Lipinski definition) is 1. The summed E-state index contributed by atoms with van der Waals surface area (Å²) in [6.07, 6.45) is 4.05. The van der Waals surface area contributed by atoms with Crippen LogP contribution in [-0.2, 0) is 11.2 Å². The third-order valence-corrected chi connectivity index (χ3v) is 6.41. The van der Waals surface area contributed by atoms with Crippen LogP contribution in [0.4, 0.5) is 0 Å². The normalized spacial score (nSPS) is 18.4. The van der Waals surface area contributed by atoms with E-state index in [1.54, 1.807) is 0 Å². The summed E-state index contributed by atoms with van der Waals surface area (Å²) in [5.41, 5.74) is 2.35. The molecule has 1 amide bonds. The topological polar surface area (TPSA) is 29.1 Å². The Balaban J connectivity index is 2.19. The van der Waals surface area contributed by atoms with Crippen molar-refractivity contribution in [2.24, 2.45) is 0 Å². The summed E-state index contributed by atoms with van der Waals surface area (Å²) in [7, 11) is 0. The maximum atomic E-state index is 12.7. The Labute approximate surface area is 138 Å². The van der Waals surface area contributed by atoms with Gasteiger partial charge in [0.25, 0.3) is 0 Å². The van der Waals surface area contributed by atoms with Gasteiger partial charge in [-0.25, -0.2) is 0 Å². The fourth-order valence-corrected chi connectivity index (χ4v) is 4.76. The molecule has 4 heteroatoms. The standard InChI is InChI=1S/C16H21Br2NO/c1-2-16(10-17,11-18)19-15(20)14-9-5-7-12-6-3-4-8-13(12)14/h3-4,6,8,14H,2,5,7,9-11H2,1H3,(H,19,20). The molecule has 0 aromatic heterocycles. The number of benzene rings is 1. The third-order valence-electron chi connectivity index (χ3n) is 4.26. The van der Waals surface area contributed by atoms with E-state index in [4.69, 9.17) is 0 Å². The summed E-state index contributed by atoms with van der Waals surface area (Å²) in [5.74, 6) is 0.168. The number of rotatable bonds is 5. The monoisotopic (exact) mass is 401 g/mol. The minimum absolute atomic E-state index is 0.00368. The van der Waals surface area contributed by atoms with Gasteiger partial charge in [-0.1, -0.05) is 63.0 Å². The van der Waals surface area contributed by atoms with Crippen LogP contribution in [0.3, 0.4) is 0 Å². The van der Waals surface area contributed by atoms with Crippen LogP contribution in [0.15, 0.2) is 24.3 Å². The summed E-state index contributed by atoms with van der Waals surface area (Å²) >= 11 is 7.07. The molecule has 0 saturated carbocycles. The number of aryl methyl sites for hydroxylation is 1. The SMILES string of the molecule is CCC(CBr)(CBr)NC(=O)C1CCCc2ccccc21. The Morgan fingerprint density at radius 1 is 1.35 bits per heavy atom. The lowest BCUT2D eigenvalue weighted by Crippen LogP contribution is -2.52. The van der Waals surface area contributed by atoms with E-state index in [-0.39, 0.29) is 17.4 Å². The molecule has 1 N–H and O–H groups in total. The lowest BCUT2D eigenvalue weighted by atomic mass is 9.82. The van der Waals surface area contributed by atoms with Crippen LogP contribution >= 0.6 is 31.9 Å². The second-order valence-corrected chi connectivity index (χ2v) is 6.66. The lowest BCUT2D eigenvalue weighted by molar-refractivity contribution is -0.124. The first-order chi connectivity index (χ1) is 9.65. The Morgan fingerprint density at radius 3 is 2.70 bits per heavy atom. The molecule has 0 heterocycles. The van der Waals surface area contributed by atoms with Crippen LogP contribution < -0.4 is 5.32 Å². The van der Waals surface area contributed by atoms with E-state index in [1.807, 2.05) is 6.07 Å². The predicted molar refractivity (Wildman–Crippen MR) is 90.9 cm³/mol. The molecule has 1 unspecified atom stereocenters. The van der Waals surface area contributed by atoms with Gasteiger partial charge in [-0.3, -0.25) is 4.79 Å². The molecule has 20 heavy (non-hydrogen) atoms. The van der Waals surface area contributed by atoms with Crippen molar-refractivity contribution >= 4 is 37.8 Å². The summed E-state index contributed by atoms with van der Waals surface area (Å²) in [6.45, 7) is 2.11. The van der Waals surface area contributed by atoms with E-state index in [2.05, 4.69) is 62.3 Å². The Bertz CT molecular complexity index is 463. The minimum Gasteiger partial charge on any atom is -0.348 e. The molecule has 110 valence electrons. The van der Waals surface area contributed by atoms with E-state index in [0.717, 1.165) is 36.3 Å². The fourth-order valence-electron chi connectivity index (χ4n) is 2.75. The highest BCUT2D eigenvalue weighted by molar-refractivity contribution is 9.09. The van der Waals surface area contributed by atoms with Crippen molar-refractivity contribution in [3.63, 3.8) is 0 Å². The van der Waals surface area contributed by atoms with E-state index in [1.165, 1.54) is 11.1 Å². The van der Waals surface area contributed by atoms with Gasteiger partial charge in [-0.15, -0.1) is 0 Å². The van der Waals surface area contributed by atoms with Gasteiger partial charge < -0.3 is 5.32 Å². The quantitative estimate of drug-likeness (QED) is 0.736. The summed E-state index contributed by atoms with van der Waals surface area (Å²) < 4.78 is 0. The number of hydrogen-bond donors (Lipinski definition) is 1. The van der Waals surface area contributed by atoms with Crippen molar-refractivity contribution in [1.82, 2.24) is 5.32 Å². The number of carbonyl (C=O) groups is 1. The molecular formula is C16H21Br2NO. The first-order valence-corrected chi connectivity index (χ1v) is 9.42. The zero-order valence-corrected chi connectivity index (χ0v) is 15.0. The minimum atomic E-state index is -0.191. The van der Waals surface area contributed by atoms with Crippen LogP contribution in [0, 0.1) is 0 Å². The highest BCUT2D eigenvalue weighted by atomic mass is 79.9.